The summed E-state index contributed by atoms with van der Waals surface area (Å²) in [6.45, 7) is 4.14. The molecule has 1 N–H and O–H groups in total. The van der Waals surface area contributed by atoms with E-state index in [2.05, 4.69) is 15.4 Å². The Hall–Kier alpha value is -3.38. The second-order valence-electron chi connectivity index (χ2n) is 6.97. The number of halogens is 1. The fraction of sp³-hybridized carbons (Fsp3) is 0.174. The van der Waals surface area contributed by atoms with Crippen LogP contribution in [0.25, 0.3) is 16.7 Å². The molecule has 0 atom stereocenters. The summed E-state index contributed by atoms with van der Waals surface area (Å²) in [7, 11) is 0. The molecular weight excluding hydrogens is 400 g/mol. The van der Waals surface area contributed by atoms with Gasteiger partial charge in [0.1, 0.15) is 0 Å². The van der Waals surface area contributed by atoms with Gasteiger partial charge in [0.25, 0.3) is 5.91 Å². The summed E-state index contributed by atoms with van der Waals surface area (Å²) in [6, 6.07) is 19.0. The van der Waals surface area contributed by atoms with Gasteiger partial charge in [-0.1, -0.05) is 48.0 Å². The van der Waals surface area contributed by atoms with Crippen molar-refractivity contribution in [2.45, 2.75) is 20.4 Å². The first kappa shape index (κ1) is 19.9. The molecule has 0 aliphatic carbocycles. The third kappa shape index (κ3) is 4.14. The number of para-hydroxylation sites is 1. The molecule has 6 nitrogen and oxygen atoms in total. The zero-order valence-corrected chi connectivity index (χ0v) is 17.5. The van der Waals surface area contributed by atoms with Gasteiger partial charge < -0.3 is 10.1 Å². The number of pyridine rings is 1. The number of carbonyl (C=O) groups excluding carboxylic acids is 1. The molecule has 0 unspecified atom stereocenters. The van der Waals surface area contributed by atoms with Crippen LogP contribution in [0, 0.1) is 13.8 Å². The van der Waals surface area contributed by atoms with Crippen molar-refractivity contribution < 1.29 is 9.53 Å². The van der Waals surface area contributed by atoms with Crippen LogP contribution in [0.5, 0.6) is 5.88 Å². The predicted octanol–water partition coefficient (Wildman–Crippen LogP) is 4.39. The van der Waals surface area contributed by atoms with Gasteiger partial charge in [0.05, 0.1) is 11.4 Å². The van der Waals surface area contributed by atoms with Crippen LogP contribution in [0.15, 0.2) is 60.7 Å². The zero-order chi connectivity index (χ0) is 21.1. The maximum absolute atomic E-state index is 12.2. The molecule has 0 aliphatic rings. The number of aryl methyl sites for hydroxylation is 2. The lowest BCUT2D eigenvalue weighted by molar-refractivity contribution is -0.123. The van der Waals surface area contributed by atoms with Gasteiger partial charge in [0.2, 0.25) is 5.88 Å². The molecule has 4 rings (SSSR count). The van der Waals surface area contributed by atoms with Gasteiger partial charge in [-0.25, -0.2) is 4.68 Å². The molecule has 0 fully saturated rings. The van der Waals surface area contributed by atoms with Crippen LogP contribution in [0.3, 0.4) is 0 Å². The minimum atomic E-state index is -0.248. The SMILES string of the molecule is Cc1cc(OCC(=O)NCc2ccccc2Cl)nc2c1c(C)nn2-c1ccccc1. The van der Waals surface area contributed by atoms with E-state index in [1.54, 1.807) is 10.7 Å². The van der Waals surface area contributed by atoms with E-state index in [-0.39, 0.29) is 12.5 Å². The Balaban J connectivity index is 1.51. The molecule has 30 heavy (non-hydrogen) atoms. The van der Waals surface area contributed by atoms with E-state index >= 15 is 0 Å². The standard InChI is InChI=1S/C23H21ClN4O2/c1-15-12-21(30-14-20(29)25-13-17-8-6-7-11-19(17)24)26-23-22(15)16(2)27-28(23)18-9-4-3-5-10-18/h3-12H,13-14H2,1-2H3,(H,25,29). The van der Waals surface area contributed by atoms with Crippen LogP contribution in [-0.2, 0) is 11.3 Å². The van der Waals surface area contributed by atoms with Gasteiger partial charge >= 0.3 is 0 Å². The van der Waals surface area contributed by atoms with Crippen LogP contribution >= 0.6 is 11.6 Å². The first-order valence-corrected chi connectivity index (χ1v) is 9.96. The predicted molar refractivity (Wildman–Crippen MR) is 117 cm³/mol. The van der Waals surface area contributed by atoms with Crippen molar-refractivity contribution in [2.24, 2.45) is 0 Å². The lowest BCUT2D eigenvalue weighted by atomic mass is 10.2. The topological polar surface area (TPSA) is 69.0 Å². The van der Waals surface area contributed by atoms with Crippen molar-refractivity contribution in [3.05, 3.63) is 82.5 Å². The third-order valence-electron chi connectivity index (χ3n) is 4.77. The molecule has 1 amide bonds. The summed E-state index contributed by atoms with van der Waals surface area (Å²) < 4.78 is 7.47. The highest BCUT2D eigenvalue weighted by Crippen LogP contribution is 2.26. The van der Waals surface area contributed by atoms with Gasteiger partial charge in [-0.2, -0.15) is 10.1 Å². The smallest absolute Gasteiger partial charge is 0.258 e. The first-order chi connectivity index (χ1) is 14.5. The second kappa shape index (κ2) is 8.55. The Bertz CT molecular complexity index is 1200. The summed E-state index contributed by atoms with van der Waals surface area (Å²) in [6.07, 6.45) is 0. The molecule has 0 spiro atoms. The fourth-order valence-corrected chi connectivity index (χ4v) is 3.53. The van der Waals surface area contributed by atoms with Crippen LogP contribution in [0.4, 0.5) is 0 Å². The second-order valence-corrected chi connectivity index (χ2v) is 7.37. The largest absolute Gasteiger partial charge is 0.468 e. The number of benzene rings is 2. The Labute approximate surface area is 179 Å². The van der Waals surface area contributed by atoms with E-state index in [1.165, 1.54) is 0 Å². The molecule has 2 aromatic carbocycles. The van der Waals surface area contributed by atoms with Crippen LogP contribution in [-0.4, -0.2) is 27.3 Å². The van der Waals surface area contributed by atoms with Crippen molar-refractivity contribution in [3.8, 4) is 11.6 Å². The Kier molecular flexibility index (Phi) is 5.68. The average molecular weight is 421 g/mol. The number of carbonyl (C=O) groups is 1. The van der Waals surface area contributed by atoms with E-state index in [0.717, 1.165) is 27.9 Å². The zero-order valence-electron chi connectivity index (χ0n) is 16.7. The summed E-state index contributed by atoms with van der Waals surface area (Å²) in [4.78, 5) is 16.8. The molecule has 152 valence electrons. The molecule has 0 bridgehead atoms. The highest BCUT2D eigenvalue weighted by molar-refractivity contribution is 6.31. The van der Waals surface area contributed by atoms with E-state index in [9.17, 15) is 4.79 Å². The molecule has 0 saturated heterocycles. The highest BCUT2D eigenvalue weighted by Gasteiger charge is 2.15. The highest BCUT2D eigenvalue weighted by atomic mass is 35.5. The summed E-state index contributed by atoms with van der Waals surface area (Å²) in [5.41, 5.74) is 4.35. The summed E-state index contributed by atoms with van der Waals surface area (Å²) >= 11 is 6.12. The van der Waals surface area contributed by atoms with Crippen LogP contribution in [0.1, 0.15) is 16.8 Å². The van der Waals surface area contributed by atoms with Gasteiger partial charge in [-0.3, -0.25) is 4.79 Å². The monoisotopic (exact) mass is 420 g/mol. The number of aromatic nitrogens is 3. The van der Waals surface area contributed by atoms with Crippen molar-refractivity contribution >= 4 is 28.5 Å². The maximum Gasteiger partial charge on any atom is 0.258 e. The fourth-order valence-electron chi connectivity index (χ4n) is 3.32. The molecule has 7 heteroatoms. The Morgan fingerprint density at radius 1 is 1.10 bits per heavy atom. The van der Waals surface area contributed by atoms with E-state index in [4.69, 9.17) is 16.3 Å². The molecule has 4 aromatic rings. The van der Waals surface area contributed by atoms with Crippen molar-refractivity contribution in [1.29, 1.82) is 0 Å². The molecule has 0 saturated carbocycles. The van der Waals surface area contributed by atoms with Crippen molar-refractivity contribution in [2.75, 3.05) is 6.61 Å². The number of fused-ring (bicyclic) bond motifs is 1. The lowest BCUT2D eigenvalue weighted by Crippen LogP contribution is -2.28. The van der Waals surface area contributed by atoms with E-state index in [0.29, 0.717) is 23.1 Å². The number of ether oxygens (including phenoxy) is 1. The lowest BCUT2D eigenvalue weighted by Gasteiger charge is -2.09. The average Bonchev–Trinajstić information content (AvgIpc) is 3.09. The molecule has 0 aliphatic heterocycles. The van der Waals surface area contributed by atoms with Gasteiger partial charge in [0, 0.05) is 23.0 Å². The van der Waals surface area contributed by atoms with E-state index < -0.39 is 0 Å². The third-order valence-corrected chi connectivity index (χ3v) is 5.14. The summed E-state index contributed by atoms with van der Waals surface area (Å²) in [5.74, 6) is 0.132. The van der Waals surface area contributed by atoms with Crippen LogP contribution in [0.2, 0.25) is 5.02 Å². The maximum atomic E-state index is 12.2. The molecule has 2 aromatic heterocycles. The minimum Gasteiger partial charge on any atom is -0.468 e. The molecule has 0 radical (unpaired) electrons. The number of rotatable bonds is 6. The van der Waals surface area contributed by atoms with Gasteiger partial charge in [0.15, 0.2) is 12.3 Å². The molecule has 2 heterocycles. The number of nitrogens with zero attached hydrogens (tertiary/aromatic N) is 3. The Morgan fingerprint density at radius 2 is 1.83 bits per heavy atom. The minimum absolute atomic E-state index is 0.138. The van der Waals surface area contributed by atoms with E-state index in [1.807, 2.05) is 68.4 Å². The number of amides is 1. The van der Waals surface area contributed by atoms with Gasteiger partial charge in [-0.05, 0) is 43.2 Å². The number of hydrogen-bond acceptors (Lipinski definition) is 4. The number of nitrogens with one attached hydrogen (secondary N) is 1. The van der Waals surface area contributed by atoms with Crippen LogP contribution < -0.4 is 10.1 Å². The Morgan fingerprint density at radius 3 is 2.60 bits per heavy atom. The van der Waals surface area contributed by atoms with Gasteiger partial charge in [-0.15, -0.1) is 0 Å². The molecular formula is C23H21ClN4O2. The summed E-state index contributed by atoms with van der Waals surface area (Å²) in [5, 5.41) is 9.04. The van der Waals surface area contributed by atoms with Crippen molar-refractivity contribution in [1.82, 2.24) is 20.1 Å². The quantitative estimate of drug-likeness (QED) is 0.502. The number of hydrogen-bond donors (Lipinski definition) is 1. The van der Waals surface area contributed by atoms with Crippen molar-refractivity contribution in [3.63, 3.8) is 0 Å². The normalized spacial score (nSPS) is 10.9. The first-order valence-electron chi connectivity index (χ1n) is 9.58.